The lowest BCUT2D eigenvalue weighted by molar-refractivity contribution is -0.479. The normalized spacial score (nSPS) is 35.7. The Hall–Kier alpha value is -2.79. The lowest BCUT2D eigenvalue weighted by atomic mass is 9.32. The number of carbonyl (C=O) groups is 3. The maximum absolute atomic E-state index is 12.9. The molecule has 2 fully saturated rings. The summed E-state index contributed by atoms with van der Waals surface area (Å²) >= 11 is 0. The number of rotatable bonds is 3. The highest BCUT2D eigenvalue weighted by Gasteiger charge is 2.88. The van der Waals surface area contributed by atoms with Gasteiger partial charge in [0.1, 0.15) is 12.5 Å². The van der Waals surface area contributed by atoms with Crippen molar-refractivity contribution in [1.29, 1.82) is 0 Å². The van der Waals surface area contributed by atoms with Crippen LogP contribution in [0.3, 0.4) is 0 Å². The molecule has 28 heavy (non-hydrogen) atoms. The Morgan fingerprint density at radius 3 is 2.39 bits per heavy atom. The Morgan fingerprint density at radius 1 is 0.964 bits per heavy atom. The zero-order valence-corrected chi connectivity index (χ0v) is 15.5. The second kappa shape index (κ2) is 4.97. The van der Waals surface area contributed by atoms with Gasteiger partial charge in [-0.05, 0) is 22.3 Å². The van der Waals surface area contributed by atoms with E-state index in [-0.39, 0.29) is 42.1 Å². The van der Waals surface area contributed by atoms with Gasteiger partial charge in [-0.2, -0.15) is 0 Å². The number of carbonyl (C=O) groups excluding carboxylic acids is 3. The third-order valence-electron chi connectivity index (χ3n) is 7.65. The first-order valence-corrected chi connectivity index (χ1v) is 9.86. The molecule has 3 aliphatic carbocycles. The number of hydrogen-bond acceptors (Lipinski definition) is 4. The van der Waals surface area contributed by atoms with Gasteiger partial charge in [-0.15, -0.1) is 0 Å². The van der Waals surface area contributed by atoms with E-state index in [1.165, 1.54) is 5.32 Å². The molecule has 6 rings (SSSR count). The van der Waals surface area contributed by atoms with Crippen LogP contribution in [0.1, 0.15) is 41.5 Å². The smallest absolute Gasteiger partial charge is 0.322 e. The third-order valence-corrected chi connectivity index (χ3v) is 7.65. The summed E-state index contributed by atoms with van der Waals surface area (Å²) in [5.41, 5.74) is 3.47. The van der Waals surface area contributed by atoms with Crippen LogP contribution in [0.25, 0.3) is 0 Å². The number of nitrogens with two attached hydrogens (primary N) is 1. The Labute approximate surface area is 162 Å². The Bertz CT molecular complexity index is 1090. The topological polar surface area (TPSA) is 77.1 Å². The van der Waals surface area contributed by atoms with Crippen molar-refractivity contribution < 1.29 is 24.4 Å². The fraction of sp³-hybridized carbons (Fsp3) is 0.348. The van der Waals surface area contributed by atoms with Gasteiger partial charge in [0.15, 0.2) is 0 Å². The molecule has 1 heterocycles. The van der Waals surface area contributed by atoms with Gasteiger partial charge in [-0.3, -0.25) is 4.79 Å². The summed E-state index contributed by atoms with van der Waals surface area (Å²) in [6.07, 6.45) is 0.313. The Morgan fingerprint density at radius 2 is 1.64 bits per heavy atom. The van der Waals surface area contributed by atoms with Gasteiger partial charge in [-0.1, -0.05) is 55.5 Å². The highest BCUT2D eigenvalue weighted by molar-refractivity contribution is 5.99. The van der Waals surface area contributed by atoms with Crippen LogP contribution in [0.2, 0.25) is 0 Å². The molecule has 1 saturated heterocycles. The monoisotopic (exact) mass is 374 g/mol. The molecular weight excluding hydrogens is 354 g/mol. The summed E-state index contributed by atoms with van der Waals surface area (Å²) < 4.78 is 5.73. The first kappa shape index (κ1) is 16.2. The highest BCUT2D eigenvalue weighted by Crippen LogP contribution is 2.82. The van der Waals surface area contributed by atoms with Gasteiger partial charge < -0.3 is 4.74 Å². The number of benzene rings is 2. The van der Waals surface area contributed by atoms with Gasteiger partial charge in [0.05, 0.1) is 11.3 Å². The van der Waals surface area contributed by atoms with Gasteiger partial charge in [0.25, 0.3) is 0 Å². The largest absolute Gasteiger partial charge is 0.464 e. The molecule has 0 radical (unpaired) electrons. The Balaban J connectivity index is 1.64. The highest BCUT2D eigenvalue weighted by atomic mass is 16.5. The summed E-state index contributed by atoms with van der Waals surface area (Å²) in [5.74, 6) is -1.03. The quantitative estimate of drug-likeness (QED) is 0.646. The summed E-state index contributed by atoms with van der Waals surface area (Å²) in [4.78, 5) is 37.6. The number of hydrogen-bond donors (Lipinski definition) is 1. The van der Waals surface area contributed by atoms with Crippen LogP contribution in [0.15, 0.2) is 48.5 Å². The predicted octanol–water partition coefficient (Wildman–Crippen LogP) is 1.15. The van der Waals surface area contributed by atoms with Crippen molar-refractivity contribution in [2.24, 2.45) is 11.8 Å². The third kappa shape index (κ3) is 1.41. The number of ether oxygens (including phenoxy) is 1. The number of esters is 1. The van der Waals surface area contributed by atoms with Gasteiger partial charge >= 0.3 is 17.8 Å². The van der Waals surface area contributed by atoms with E-state index in [1.807, 2.05) is 24.3 Å². The van der Waals surface area contributed by atoms with E-state index in [4.69, 9.17) is 4.74 Å². The first-order chi connectivity index (χ1) is 13.6. The molecule has 0 bridgehead atoms. The van der Waals surface area contributed by atoms with Crippen LogP contribution in [0.5, 0.6) is 0 Å². The summed E-state index contributed by atoms with van der Waals surface area (Å²) in [5, 5.41) is 1.30. The van der Waals surface area contributed by atoms with Crippen molar-refractivity contribution in [2.75, 3.05) is 6.61 Å². The molecule has 5 atom stereocenters. The number of imide groups is 1. The fourth-order valence-electron chi connectivity index (χ4n) is 6.89. The molecule has 1 aliphatic heterocycles. The van der Waals surface area contributed by atoms with E-state index in [0.717, 1.165) is 22.3 Å². The minimum atomic E-state index is -0.551. The SMILES string of the molecule is CCC(=O)OCC12c3ccccc3C3C4C(=O)[NH2+]C(=O)C4C31c1ccccc12. The maximum atomic E-state index is 12.9. The van der Waals surface area contributed by atoms with Crippen molar-refractivity contribution in [3.05, 3.63) is 70.8 Å². The first-order valence-electron chi connectivity index (χ1n) is 9.86. The lowest BCUT2D eigenvalue weighted by Crippen LogP contribution is -2.88. The van der Waals surface area contributed by atoms with Crippen molar-refractivity contribution in [2.45, 2.75) is 30.1 Å². The molecule has 2 aromatic rings. The predicted molar refractivity (Wildman–Crippen MR) is 98.3 cm³/mol. The van der Waals surface area contributed by atoms with E-state index in [2.05, 4.69) is 24.3 Å². The number of amides is 2. The number of fused-ring (bicyclic) bond motifs is 7. The molecule has 2 aromatic carbocycles. The molecule has 5 unspecified atom stereocenters. The van der Waals surface area contributed by atoms with Gasteiger partial charge in [0, 0.05) is 17.8 Å². The molecule has 1 spiro atoms. The average molecular weight is 374 g/mol. The van der Waals surface area contributed by atoms with Crippen molar-refractivity contribution in [3.63, 3.8) is 0 Å². The van der Waals surface area contributed by atoms with E-state index < -0.39 is 10.8 Å². The fourth-order valence-corrected chi connectivity index (χ4v) is 6.89. The zero-order valence-electron chi connectivity index (χ0n) is 15.5. The van der Waals surface area contributed by atoms with Crippen molar-refractivity contribution in [3.8, 4) is 0 Å². The standard InChI is InChI=1S/C23H19NO4/c1-2-16(25)28-11-22-13-8-4-3-7-12(13)18-17-19(21(27)24-20(17)26)23(18,22)15-10-6-5-9-14(15)22/h3-10,17-19H,2,11H2,1H3,(H,24,26,27)/p+1. The minimum Gasteiger partial charge on any atom is -0.464 e. The van der Waals surface area contributed by atoms with E-state index in [9.17, 15) is 14.4 Å². The molecule has 2 amide bonds. The van der Waals surface area contributed by atoms with E-state index in [1.54, 1.807) is 6.92 Å². The molecule has 5 nitrogen and oxygen atoms in total. The van der Waals surface area contributed by atoms with Crippen LogP contribution in [0, 0.1) is 11.8 Å². The Kier molecular flexibility index (Phi) is 2.88. The number of primary amides is 2. The summed E-state index contributed by atoms with van der Waals surface area (Å²) in [7, 11) is 0. The minimum absolute atomic E-state index is 0.0286. The molecule has 2 N–H and O–H groups in total. The van der Waals surface area contributed by atoms with Crippen LogP contribution in [0.4, 0.5) is 0 Å². The molecule has 4 aliphatic rings. The molecule has 140 valence electrons. The zero-order chi connectivity index (χ0) is 19.3. The molecule has 0 aromatic heterocycles. The van der Waals surface area contributed by atoms with Crippen LogP contribution in [-0.2, 0) is 30.0 Å². The second-order valence-electron chi connectivity index (χ2n) is 8.35. The van der Waals surface area contributed by atoms with Crippen molar-refractivity contribution >= 4 is 17.8 Å². The maximum Gasteiger partial charge on any atom is 0.322 e. The van der Waals surface area contributed by atoms with Crippen molar-refractivity contribution in [1.82, 2.24) is 0 Å². The van der Waals surface area contributed by atoms with E-state index in [0.29, 0.717) is 6.42 Å². The van der Waals surface area contributed by atoms with E-state index >= 15 is 0 Å². The molecule has 5 heteroatoms. The number of quaternary nitrogens is 1. The van der Waals surface area contributed by atoms with Crippen LogP contribution >= 0.6 is 0 Å². The lowest BCUT2D eigenvalue weighted by Gasteiger charge is -2.67. The molecular formula is C23H20NO4+. The van der Waals surface area contributed by atoms with Crippen LogP contribution in [-0.4, -0.2) is 24.4 Å². The molecule has 1 saturated carbocycles. The average Bonchev–Trinajstić information content (AvgIpc) is 3.01. The van der Waals surface area contributed by atoms with Gasteiger partial charge in [0.2, 0.25) is 0 Å². The second-order valence-corrected chi connectivity index (χ2v) is 8.35. The van der Waals surface area contributed by atoms with Gasteiger partial charge in [-0.25, -0.2) is 14.9 Å². The summed E-state index contributed by atoms with van der Waals surface area (Å²) in [6.45, 7) is 2.00. The summed E-state index contributed by atoms with van der Waals surface area (Å²) in [6, 6.07) is 16.3. The van der Waals surface area contributed by atoms with Crippen LogP contribution < -0.4 is 5.32 Å².